The van der Waals surface area contributed by atoms with E-state index in [1.54, 1.807) is 45.2 Å². The van der Waals surface area contributed by atoms with Gasteiger partial charge in [0.25, 0.3) is 0 Å². The van der Waals surface area contributed by atoms with Crippen LogP contribution in [0.25, 0.3) is 10.8 Å². The van der Waals surface area contributed by atoms with Gasteiger partial charge in [0.2, 0.25) is 0 Å². The van der Waals surface area contributed by atoms with Crippen LogP contribution < -0.4 is 14.8 Å². The van der Waals surface area contributed by atoms with Gasteiger partial charge in [0.1, 0.15) is 24.0 Å². The zero-order valence-electron chi connectivity index (χ0n) is 21.2. The molecule has 0 saturated carbocycles. The Morgan fingerprint density at radius 2 is 1.86 bits per heavy atom. The van der Waals surface area contributed by atoms with Gasteiger partial charge in [0, 0.05) is 19.0 Å². The Morgan fingerprint density at radius 3 is 2.51 bits per heavy atom. The first-order chi connectivity index (χ1) is 17.9. The molecule has 3 aromatic rings. The summed E-state index contributed by atoms with van der Waals surface area (Å²) in [6.07, 6.45) is 1.35. The largest absolute Gasteiger partial charge is 0.497 e. The second-order valence-corrected chi connectivity index (χ2v) is 8.74. The van der Waals surface area contributed by atoms with E-state index in [0.717, 1.165) is 16.9 Å². The standard InChI is InChI=1S/C26H30N2O8S/c1-5-34-23(30)14-20(29)24-19(28-25(37-24)21-8-7-11-36-21)15-27-18(26(31)35-6-2)12-16-9-10-17(32-3)13-22(16)33-4/h7-11,13,18,27H,5-6,12,14-15H2,1-4H3. The topological polar surface area (TPSA) is 126 Å². The van der Waals surface area contributed by atoms with Gasteiger partial charge in [-0.25, -0.2) is 4.98 Å². The number of ketones is 1. The average molecular weight is 531 g/mol. The van der Waals surface area contributed by atoms with E-state index >= 15 is 0 Å². The molecule has 1 N–H and O–H groups in total. The van der Waals surface area contributed by atoms with Gasteiger partial charge in [-0.05, 0) is 37.6 Å². The van der Waals surface area contributed by atoms with Gasteiger partial charge in [-0.1, -0.05) is 6.07 Å². The highest BCUT2D eigenvalue weighted by molar-refractivity contribution is 7.17. The predicted molar refractivity (Wildman–Crippen MR) is 136 cm³/mol. The Balaban J connectivity index is 1.86. The molecular formula is C26H30N2O8S. The van der Waals surface area contributed by atoms with Crippen molar-refractivity contribution in [2.45, 2.75) is 39.3 Å². The number of methoxy groups -OCH3 is 2. The SMILES string of the molecule is CCOC(=O)CC(=O)c1sc(-c2ccco2)nc1CNC(Cc1ccc(OC)cc1OC)C(=O)OCC. The number of hydrogen-bond donors (Lipinski definition) is 1. The lowest BCUT2D eigenvalue weighted by Crippen LogP contribution is -2.40. The zero-order chi connectivity index (χ0) is 26.8. The van der Waals surface area contributed by atoms with Crippen molar-refractivity contribution in [2.75, 3.05) is 27.4 Å². The molecule has 1 atom stereocenters. The Kier molecular flexibility index (Phi) is 10.2. The molecule has 0 radical (unpaired) electrons. The van der Waals surface area contributed by atoms with Crippen LogP contribution >= 0.6 is 11.3 Å². The molecule has 0 spiro atoms. The number of thiazole rings is 1. The fourth-order valence-corrected chi connectivity index (χ4v) is 4.55. The van der Waals surface area contributed by atoms with Crippen LogP contribution in [0.3, 0.4) is 0 Å². The molecular weight excluding hydrogens is 500 g/mol. The number of hydrogen-bond acceptors (Lipinski definition) is 11. The van der Waals surface area contributed by atoms with Crippen molar-refractivity contribution in [1.29, 1.82) is 0 Å². The van der Waals surface area contributed by atoms with Gasteiger partial charge < -0.3 is 23.4 Å². The lowest BCUT2D eigenvalue weighted by atomic mass is 10.0. The molecule has 10 nitrogen and oxygen atoms in total. The van der Waals surface area contributed by atoms with Crippen molar-refractivity contribution in [3.05, 3.63) is 52.7 Å². The number of esters is 2. The molecule has 1 aromatic carbocycles. The summed E-state index contributed by atoms with van der Waals surface area (Å²) in [5.41, 5.74) is 1.16. The summed E-state index contributed by atoms with van der Waals surface area (Å²) < 4.78 is 26.4. The number of ether oxygens (including phenoxy) is 4. The van der Waals surface area contributed by atoms with E-state index in [1.165, 1.54) is 13.4 Å². The molecule has 0 saturated heterocycles. The minimum absolute atomic E-state index is 0.0725. The van der Waals surface area contributed by atoms with Crippen LogP contribution in [0.5, 0.6) is 11.5 Å². The maximum atomic E-state index is 12.9. The first kappa shape index (κ1) is 27.9. The quantitative estimate of drug-likeness (QED) is 0.187. The molecule has 0 aliphatic rings. The van der Waals surface area contributed by atoms with Crippen molar-refractivity contribution in [3.8, 4) is 22.3 Å². The lowest BCUT2D eigenvalue weighted by Gasteiger charge is -2.19. The summed E-state index contributed by atoms with van der Waals surface area (Å²) in [5.74, 6) is 0.187. The number of Topliss-reactive ketones (excluding diaryl/α,β-unsaturated/α-hetero) is 1. The number of carbonyl (C=O) groups excluding carboxylic acids is 3. The van der Waals surface area contributed by atoms with Crippen LogP contribution in [0.4, 0.5) is 0 Å². The minimum atomic E-state index is -0.760. The van der Waals surface area contributed by atoms with Crippen molar-refractivity contribution < 1.29 is 37.7 Å². The van der Waals surface area contributed by atoms with E-state index in [-0.39, 0.29) is 31.1 Å². The van der Waals surface area contributed by atoms with Gasteiger partial charge in [0.15, 0.2) is 16.6 Å². The summed E-state index contributed by atoms with van der Waals surface area (Å²) in [6.45, 7) is 3.86. The molecule has 0 fully saturated rings. The lowest BCUT2D eigenvalue weighted by molar-refractivity contribution is -0.145. The fourth-order valence-electron chi connectivity index (χ4n) is 3.56. The summed E-state index contributed by atoms with van der Waals surface area (Å²) in [5, 5.41) is 3.65. The van der Waals surface area contributed by atoms with Crippen LogP contribution in [0.2, 0.25) is 0 Å². The van der Waals surface area contributed by atoms with E-state index in [1.807, 2.05) is 6.07 Å². The molecule has 0 bridgehead atoms. The van der Waals surface area contributed by atoms with Crippen LogP contribution in [0.1, 0.15) is 41.2 Å². The Morgan fingerprint density at radius 1 is 1.08 bits per heavy atom. The van der Waals surface area contributed by atoms with Crippen LogP contribution in [0.15, 0.2) is 41.0 Å². The Bertz CT molecular complexity index is 1210. The van der Waals surface area contributed by atoms with Crippen molar-refractivity contribution in [3.63, 3.8) is 0 Å². The second-order valence-electron chi connectivity index (χ2n) is 7.74. The number of benzene rings is 1. The summed E-state index contributed by atoms with van der Waals surface area (Å²) in [7, 11) is 3.10. The molecule has 0 amide bonds. The Labute approximate surface area is 218 Å². The third-order valence-corrected chi connectivity index (χ3v) is 6.45. The predicted octanol–water partition coefficient (Wildman–Crippen LogP) is 3.82. The highest BCUT2D eigenvalue weighted by Gasteiger charge is 2.26. The number of carbonyl (C=O) groups is 3. The molecule has 2 aromatic heterocycles. The number of aromatic nitrogens is 1. The third kappa shape index (κ3) is 7.40. The van der Waals surface area contributed by atoms with Crippen LogP contribution in [-0.4, -0.2) is 56.2 Å². The highest BCUT2D eigenvalue weighted by Crippen LogP contribution is 2.30. The van der Waals surface area contributed by atoms with Gasteiger partial charge in [-0.2, -0.15) is 0 Å². The number of nitrogens with one attached hydrogen (secondary N) is 1. The van der Waals surface area contributed by atoms with E-state index < -0.39 is 30.2 Å². The summed E-state index contributed by atoms with van der Waals surface area (Å²) >= 11 is 1.12. The molecule has 2 heterocycles. The molecule has 3 rings (SSSR count). The first-order valence-corrected chi connectivity index (χ1v) is 12.5. The number of nitrogens with zero attached hydrogens (tertiary/aromatic N) is 1. The van der Waals surface area contributed by atoms with Crippen molar-refractivity contribution >= 4 is 29.1 Å². The van der Waals surface area contributed by atoms with Crippen LogP contribution in [-0.2, 0) is 32.0 Å². The molecule has 37 heavy (non-hydrogen) atoms. The van der Waals surface area contributed by atoms with Gasteiger partial charge in [-0.15, -0.1) is 11.3 Å². The normalized spacial score (nSPS) is 11.6. The average Bonchev–Trinajstić information content (AvgIpc) is 3.57. The minimum Gasteiger partial charge on any atom is -0.497 e. The molecule has 0 aliphatic carbocycles. The van der Waals surface area contributed by atoms with Gasteiger partial charge in [0.05, 0.1) is 44.3 Å². The zero-order valence-corrected chi connectivity index (χ0v) is 22.0. The van der Waals surface area contributed by atoms with Crippen molar-refractivity contribution in [2.24, 2.45) is 0 Å². The van der Waals surface area contributed by atoms with E-state index in [9.17, 15) is 14.4 Å². The van der Waals surface area contributed by atoms with E-state index in [0.29, 0.717) is 28.0 Å². The fraction of sp³-hybridized carbons (Fsp3) is 0.385. The molecule has 11 heteroatoms. The maximum Gasteiger partial charge on any atom is 0.323 e. The third-order valence-electron chi connectivity index (χ3n) is 5.30. The summed E-state index contributed by atoms with van der Waals surface area (Å²) in [6, 6.07) is 8.02. The smallest absolute Gasteiger partial charge is 0.323 e. The van der Waals surface area contributed by atoms with Crippen molar-refractivity contribution in [1.82, 2.24) is 10.3 Å². The summed E-state index contributed by atoms with van der Waals surface area (Å²) in [4.78, 5) is 42.5. The molecule has 198 valence electrons. The maximum absolute atomic E-state index is 12.9. The van der Waals surface area contributed by atoms with E-state index in [2.05, 4.69) is 10.3 Å². The highest BCUT2D eigenvalue weighted by atomic mass is 32.1. The van der Waals surface area contributed by atoms with Gasteiger partial charge in [-0.3, -0.25) is 19.7 Å². The van der Waals surface area contributed by atoms with Crippen LogP contribution in [0, 0.1) is 0 Å². The number of furan rings is 1. The van der Waals surface area contributed by atoms with E-state index in [4.69, 9.17) is 23.4 Å². The first-order valence-electron chi connectivity index (χ1n) is 11.7. The second kappa shape index (κ2) is 13.6. The van der Waals surface area contributed by atoms with Gasteiger partial charge >= 0.3 is 11.9 Å². The molecule has 1 unspecified atom stereocenters. The molecule has 0 aliphatic heterocycles. The Hall–Kier alpha value is -3.70. The monoisotopic (exact) mass is 530 g/mol. The number of rotatable bonds is 14.